The highest BCUT2D eigenvalue weighted by atomic mass is 16.7. The fourth-order valence-corrected chi connectivity index (χ4v) is 4.98. The van der Waals surface area contributed by atoms with Gasteiger partial charge in [0.05, 0.1) is 31.0 Å². The Kier molecular flexibility index (Phi) is 8.89. The summed E-state index contributed by atoms with van der Waals surface area (Å²) in [4.78, 5) is 0. The molecule has 2 heterocycles. The normalized spacial score (nSPS) is 52.7. The summed E-state index contributed by atoms with van der Waals surface area (Å²) >= 11 is 0. The first-order valence-electron chi connectivity index (χ1n) is 11.5. The van der Waals surface area contributed by atoms with E-state index in [-0.39, 0.29) is 17.9 Å². The van der Waals surface area contributed by atoms with E-state index in [1.54, 1.807) is 0 Å². The summed E-state index contributed by atoms with van der Waals surface area (Å²) in [5.41, 5.74) is 12.1. The smallest absolute Gasteiger partial charge is 0.186 e. The molecule has 11 nitrogen and oxygen atoms in total. The highest BCUT2D eigenvalue weighted by Gasteiger charge is 2.49. The van der Waals surface area contributed by atoms with E-state index in [2.05, 4.69) is 0 Å². The maximum atomic E-state index is 11.1. The van der Waals surface area contributed by atoms with Gasteiger partial charge in [-0.25, -0.2) is 0 Å². The van der Waals surface area contributed by atoms with Crippen LogP contribution >= 0.6 is 0 Å². The molecule has 0 amide bonds. The van der Waals surface area contributed by atoms with E-state index in [0.717, 1.165) is 0 Å². The molecule has 14 atom stereocenters. The topological polar surface area (TPSA) is 190 Å². The molecule has 0 aromatic heterocycles. The molecular formula is C21H40N2O9. The van der Waals surface area contributed by atoms with Crippen LogP contribution in [0.15, 0.2) is 0 Å². The van der Waals surface area contributed by atoms with Crippen LogP contribution in [-0.4, -0.2) is 106 Å². The molecule has 188 valence electrons. The van der Waals surface area contributed by atoms with E-state index < -0.39 is 74.0 Å². The number of hydrogen-bond donors (Lipinski definition) is 7. The molecule has 3 aliphatic rings. The van der Waals surface area contributed by atoms with Gasteiger partial charge in [-0.05, 0) is 25.2 Å². The molecule has 3 rings (SSSR count). The molecule has 1 saturated carbocycles. The van der Waals surface area contributed by atoms with E-state index in [9.17, 15) is 25.5 Å². The fraction of sp³-hybridized carbons (Fsp3) is 1.00. The fourth-order valence-electron chi connectivity index (χ4n) is 4.98. The Morgan fingerprint density at radius 2 is 1.44 bits per heavy atom. The zero-order chi connectivity index (χ0) is 23.7. The van der Waals surface area contributed by atoms with Crippen molar-refractivity contribution in [1.82, 2.24) is 0 Å². The lowest BCUT2D eigenvalue weighted by Crippen LogP contribution is -2.66. The summed E-state index contributed by atoms with van der Waals surface area (Å²) in [6.07, 6.45) is -7.54. The molecule has 0 aromatic rings. The number of aliphatic hydroxyl groups excluding tert-OH is 5. The molecule has 2 aliphatic heterocycles. The second kappa shape index (κ2) is 10.9. The van der Waals surface area contributed by atoms with Crippen molar-refractivity contribution in [2.24, 2.45) is 23.3 Å². The Balaban J connectivity index is 1.70. The molecule has 0 radical (unpaired) electrons. The van der Waals surface area contributed by atoms with E-state index in [0.29, 0.717) is 19.3 Å². The maximum absolute atomic E-state index is 11.1. The van der Waals surface area contributed by atoms with Crippen LogP contribution < -0.4 is 11.5 Å². The number of hydrogen-bond acceptors (Lipinski definition) is 11. The van der Waals surface area contributed by atoms with Gasteiger partial charge in [0.25, 0.3) is 0 Å². The summed E-state index contributed by atoms with van der Waals surface area (Å²) < 4.78 is 23.5. The van der Waals surface area contributed by atoms with Crippen LogP contribution in [0.25, 0.3) is 0 Å². The second-order valence-corrected chi connectivity index (χ2v) is 9.58. The zero-order valence-electron chi connectivity index (χ0n) is 18.9. The average molecular weight is 465 g/mol. The van der Waals surface area contributed by atoms with Crippen molar-refractivity contribution < 1.29 is 44.5 Å². The Bertz CT molecular complexity index is 600. The molecule has 3 fully saturated rings. The zero-order valence-corrected chi connectivity index (χ0v) is 18.9. The van der Waals surface area contributed by atoms with Crippen LogP contribution in [0.5, 0.6) is 0 Å². The van der Waals surface area contributed by atoms with E-state index in [4.69, 9.17) is 30.4 Å². The van der Waals surface area contributed by atoms with Gasteiger partial charge >= 0.3 is 0 Å². The van der Waals surface area contributed by atoms with Crippen molar-refractivity contribution in [2.45, 2.75) is 114 Å². The first kappa shape index (κ1) is 26.2. The van der Waals surface area contributed by atoms with E-state index >= 15 is 0 Å². The molecule has 0 bridgehead atoms. The predicted octanol–water partition coefficient (Wildman–Crippen LogP) is -2.23. The minimum atomic E-state index is -1.38. The predicted molar refractivity (Wildman–Crippen MR) is 112 cm³/mol. The molecule has 1 aliphatic carbocycles. The molecular weight excluding hydrogens is 424 g/mol. The Morgan fingerprint density at radius 1 is 0.812 bits per heavy atom. The van der Waals surface area contributed by atoms with Crippen LogP contribution in [-0.2, 0) is 18.9 Å². The lowest BCUT2D eigenvalue weighted by molar-refractivity contribution is -0.321. The van der Waals surface area contributed by atoms with Gasteiger partial charge in [0.1, 0.15) is 30.5 Å². The SMILES string of the molecule is CCC1OC(OC2C(C)CC(N)C(OC3OC(CO)C(O)C(N)C3O)C2O)C(C)CC1O. The maximum Gasteiger partial charge on any atom is 0.186 e. The molecule has 0 aromatic carbocycles. The first-order valence-corrected chi connectivity index (χ1v) is 11.5. The Labute approximate surface area is 188 Å². The minimum absolute atomic E-state index is 0.0736. The van der Waals surface area contributed by atoms with Crippen molar-refractivity contribution in [3.05, 3.63) is 0 Å². The second-order valence-electron chi connectivity index (χ2n) is 9.58. The largest absolute Gasteiger partial charge is 0.394 e. The van der Waals surface area contributed by atoms with Crippen LogP contribution in [0, 0.1) is 11.8 Å². The first-order chi connectivity index (χ1) is 15.1. The third kappa shape index (κ3) is 5.28. The molecule has 0 spiro atoms. The van der Waals surface area contributed by atoms with Gasteiger partial charge < -0.3 is 55.9 Å². The van der Waals surface area contributed by atoms with Crippen LogP contribution in [0.2, 0.25) is 0 Å². The lowest BCUT2D eigenvalue weighted by atomic mass is 9.80. The van der Waals surface area contributed by atoms with Crippen molar-refractivity contribution >= 4 is 0 Å². The average Bonchev–Trinajstić information content (AvgIpc) is 2.75. The number of rotatable bonds is 6. The van der Waals surface area contributed by atoms with Crippen LogP contribution in [0.1, 0.15) is 40.0 Å². The minimum Gasteiger partial charge on any atom is -0.394 e. The molecule has 32 heavy (non-hydrogen) atoms. The quantitative estimate of drug-likeness (QED) is 0.225. The Morgan fingerprint density at radius 3 is 2.06 bits per heavy atom. The van der Waals surface area contributed by atoms with Gasteiger partial charge in [-0.2, -0.15) is 0 Å². The van der Waals surface area contributed by atoms with Gasteiger partial charge in [0.2, 0.25) is 0 Å². The monoisotopic (exact) mass is 464 g/mol. The summed E-state index contributed by atoms with van der Waals surface area (Å²) in [6, 6.07) is -1.66. The highest BCUT2D eigenvalue weighted by molar-refractivity contribution is 4.98. The van der Waals surface area contributed by atoms with Crippen LogP contribution in [0.3, 0.4) is 0 Å². The Hall–Kier alpha value is -0.440. The van der Waals surface area contributed by atoms with Gasteiger partial charge in [0, 0.05) is 12.0 Å². The van der Waals surface area contributed by atoms with Crippen molar-refractivity contribution in [3.63, 3.8) is 0 Å². The summed E-state index contributed by atoms with van der Waals surface area (Å²) in [5.74, 6) is -0.176. The third-order valence-electron chi connectivity index (χ3n) is 7.04. The van der Waals surface area contributed by atoms with Crippen LogP contribution in [0.4, 0.5) is 0 Å². The van der Waals surface area contributed by atoms with E-state index in [1.807, 2.05) is 20.8 Å². The lowest BCUT2D eigenvalue weighted by Gasteiger charge is -2.48. The van der Waals surface area contributed by atoms with Gasteiger partial charge in [-0.1, -0.05) is 20.8 Å². The summed E-state index contributed by atoms with van der Waals surface area (Å²) in [6.45, 7) is 5.26. The summed E-state index contributed by atoms with van der Waals surface area (Å²) in [7, 11) is 0. The summed E-state index contributed by atoms with van der Waals surface area (Å²) in [5, 5.41) is 51.2. The van der Waals surface area contributed by atoms with Gasteiger partial charge in [-0.15, -0.1) is 0 Å². The molecule has 9 N–H and O–H groups in total. The van der Waals surface area contributed by atoms with Crippen molar-refractivity contribution in [1.29, 1.82) is 0 Å². The molecule has 14 unspecified atom stereocenters. The van der Waals surface area contributed by atoms with Gasteiger partial charge in [-0.3, -0.25) is 0 Å². The number of nitrogens with two attached hydrogens (primary N) is 2. The standard InChI is InChI=1S/C21H40N2O9/c1-4-12-11(25)6-9(3)20(29-12)31-18-8(2)5-10(22)19(17(18)28)32-21-16(27)14(23)15(26)13(7-24)30-21/h8-21,24-28H,4-7,22-23H2,1-3H3. The highest BCUT2D eigenvalue weighted by Crippen LogP contribution is 2.35. The third-order valence-corrected chi connectivity index (χ3v) is 7.04. The van der Waals surface area contributed by atoms with Crippen molar-refractivity contribution in [3.8, 4) is 0 Å². The number of ether oxygens (including phenoxy) is 4. The van der Waals surface area contributed by atoms with Gasteiger partial charge in [0.15, 0.2) is 12.6 Å². The molecule has 11 heteroatoms. The molecule has 2 saturated heterocycles. The van der Waals surface area contributed by atoms with E-state index in [1.165, 1.54) is 0 Å². The number of aliphatic hydroxyl groups is 5. The van der Waals surface area contributed by atoms with Crippen molar-refractivity contribution in [2.75, 3.05) is 6.61 Å².